The predicted octanol–water partition coefficient (Wildman–Crippen LogP) is 2.01. The summed E-state index contributed by atoms with van der Waals surface area (Å²) in [7, 11) is 0. The molecule has 0 bridgehead atoms. The lowest BCUT2D eigenvalue weighted by atomic mass is 10.1. The Kier molecular flexibility index (Phi) is 4.85. The smallest absolute Gasteiger partial charge is 0.0929 e. The molecule has 58 valence electrons. The lowest BCUT2D eigenvalue weighted by Gasteiger charge is -2.03. The molecule has 0 aliphatic rings. The summed E-state index contributed by atoms with van der Waals surface area (Å²) >= 11 is 0. The van der Waals surface area contributed by atoms with Gasteiger partial charge in [-0.15, -0.1) is 6.58 Å². The summed E-state index contributed by atoms with van der Waals surface area (Å²) in [6, 6.07) is 0. The van der Waals surface area contributed by atoms with Gasteiger partial charge in [-0.05, 0) is 25.8 Å². The van der Waals surface area contributed by atoms with Gasteiger partial charge in [0.05, 0.1) is 5.83 Å². The van der Waals surface area contributed by atoms with E-state index in [2.05, 4.69) is 6.58 Å². The highest BCUT2D eigenvalue weighted by atomic mass is 19.1. The zero-order chi connectivity index (χ0) is 7.98. The Bertz CT molecular complexity index is 125. The van der Waals surface area contributed by atoms with Gasteiger partial charge in [0.2, 0.25) is 0 Å². The van der Waals surface area contributed by atoms with Crippen LogP contribution in [0.25, 0.3) is 0 Å². The first-order valence-corrected chi connectivity index (χ1v) is 3.35. The van der Waals surface area contributed by atoms with E-state index < -0.39 is 0 Å². The molecule has 0 aromatic carbocycles. The minimum Gasteiger partial charge on any atom is -0.330 e. The summed E-state index contributed by atoms with van der Waals surface area (Å²) in [5, 5.41) is 0. The fraction of sp³-hybridized carbons (Fsp3) is 0.500. The van der Waals surface area contributed by atoms with E-state index in [9.17, 15) is 4.39 Å². The summed E-state index contributed by atoms with van der Waals surface area (Å²) in [6.07, 6.45) is 3.93. The Morgan fingerprint density at radius 3 is 2.70 bits per heavy atom. The van der Waals surface area contributed by atoms with Crippen LogP contribution in [0.2, 0.25) is 0 Å². The Morgan fingerprint density at radius 1 is 1.80 bits per heavy atom. The molecule has 0 aromatic heterocycles. The normalized spacial score (nSPS) is 14.9. The number of halogens is 1. The average Bonchev–Trinajstić information content (AvgIpc) is 1.90. The molecule has 0 saturated heterocycles. The second kappa shape index (κ2) is 5.18. The van der Waals surface area contributed by atoms with Gasteiger partial charge in [0, 0.05) is 0 Å². The van der Waals surface area contributed by atoms with Crippen LogP contribution in [0.4, 0.5) is 4.39 Å². The van der Waals surface area contributed by atoms with Crippen LogP contribution in [0, 0.1) is 5.92 Å². The van der Waals surface area contributed by atoms with Crippen LogP contribution in [0.15, 0.2) is 24.6 Å². The largest absolute Gasteiger partial charge is 0.330 e. The van der Waals surface area contributed by atoms with Gasteiger partial charge in [-0.3, -0.25) is 0 Å². The third-order valence-electron chi connectivity index (χ3n) is 1.34. The molecule has 0 rings (SSSR count). The molecule has 1 unspecified atom stereocenters. The Labute approximate surface area is 61.4 Å². The number of allylic oxidation sites excluding steroid dienone is 2. The highest BCUT2D eigenvalue weighted by molar-refractivity contribution is 4.92. The quantitative estimate of drug-likeness (QED) is 0.598. The Morgan fingerprint density at radius 2 is 2.40 bits per heavy atom. The van der Waals surface area contributed by atoms with Crippen molar-refractivity contribution >= 4 is 0 Å². The van der Waals surface area contributed by atoms with Crippen molar-refractivity contribution in [2.45, 2.75) is 13.3 Å². The van der Waals surface area contributed by atoms with Crippen LogP contribution < -0.4 is 5.73 Å². The van der Waals surface area contributed by atoms with Crippen molar-refractivity contribution in [2.75, 3.05) is 6.54 Å². The van der Waals surface area contributed by atoms with E-state index in [1.165, 1.54) is 13.0 Å². The van der Waals surface area contributed by atoms with Crippen molar-refractivity contribution in [3.05, 3.63) is 24.6 Å². The van der Waals surface area contributed by atoms with Crippen molar-refractivity contribution in [3.63, 3.8) is 0 Å². The molecular weight excluding hydrogens is 129 g/mol. The fourth-order valence-corrected chi connectivity index (χ4v) is 0.602. The molecule has 10 heavy (non-hydrogen) atoms. The van der Waals surface area contributed by atoms with E-state index in [1.807, 2.05) is 0 Å². The number of nitrogens with two attached hydrogens (primary N) is 1. The monoisotopic (exact) mass is 143 g/mol. The first-order chi connectivity index (χ1) is 4.70. The minimum atomic E-state index is -0.152. The van der Waals surface area contributed by atoms with Gasteiger partial charge in [-0.25, -0.2) is 4.39 Å². The molecule has 0 radical (unpaired) electrons. The van der Waals surface area contributed by atoms with E-state index in [-0.39, 0.29) is 11.7 Å². The molecule has 2 N–H and O–H groups in total. The maximum atomic E-state index is 12.1. The summed E-state index contributed by atoms with van der Waals surface area (Å²) < 4.78 is 12.1. The van der Waals surface area contributed by atoms with Crippen LogP contribution >= 0.6 is 0 Å². The first kappa shape index (κ1) is 9.37. The molecular formula is C8H14FN. The van der Waals surface area contributed by atoms with Gasteiger partial charge in [-0.2, -0.15) is 0 Å². The summed E-state index contributed by atoms with van der Waals surface area (Å²) in [4.78, 5) is 0. The van der Waals surface area contributed by atoms with E-state index >= 15 is 0 Å². The molecule has 0 aromatic rings. The average molecular weight is 143 g/mol. The van der Waals surface area contributed by atoms with Gasteiger partial charge < -0.3 is 5.73 Å². The van der Waals surface area contributed by atoms with E-state index in [0.29, 0.717) is 13.0 Å². The van der Waals surface area contributed by atoms with Crippen LogP contribution in [0.5, 0.6) is 0 Å². The van der Waals surface area contributed by atoms with Crippen molar-refractivity contribution < 1.29 is 4.39 Å². The Balaban J connectivity index is 3.64. The lowest BCUT2D eigenvalue weighted by Crippen LogP contribution is -2.10. The third-order valence-corrected chi connectivity index (χ3v) is 1.34. The zero-order valence-electron chi connectivity index (χ0n) is 6.31. The summed E-state index contributed by atoms with van der Waals surface area (Å²) in [5.74, 6) is 0.0611. The first-order valence-electron chi connectivity index (χ1n) is 3.35. The molecule has 0 aliphatic carbocycles. The van der Waals surface area contributed by atoms with Gasteiger partial charge in [0.1, 0.15) is 0 Å². The van der Waals surface area contributed by atoms with Crippen molar-refractivity contribution in [1.82, 2.24) is 0 Å². The van der Waals surface area contributed by atoms with Crippen molar-refractivity contribution in [1.29, 1.82) is 0 Å². The van der Waals surface area contributed by atoms with Crippen LogP contribution in [0.1, 0.15) is 13.3 Å². The molecule has 0 heterocycles. The summed E-state index contributed by atoms with van der Waals surface area (Å²) in [5.41, 5.74) is 5.35. The summed E-state index contributed by atoms with van der Waals surface area (Å²) in [6.45, 7) is 5.54. The van der Waals surface area contributed by atoms with E-state index in [1.54, 1.807) is 6.08 Å². The van der Waals surface area contributed by atoms with Gasteiger partial charge in [0.15, 0.2) is 0 Å². The molecule has 0 fully saturated rings. The highest BCUT2D eigenvalue weighted by Gasteiger charge is 1.97. The SMILES string of the molecule is C=CC(CN)C/C=C(\C)F. The zero-order valence-corrected chi connectivity index (χ0v) is 6.31. The van der Waals surface area contributed by atoms with Crippen molar-refractivity contribution in [2.24, 2.45) is 11.7 Å². The highest BCUT2D eigenvalue weighted by Crippen LogP contribution is 2.05. The minimum absolute atomic E-state index is 0.152. The number of rotatable bonds is 4. The second-order valence-electron chi connectivity index (χ2n) is 2.26. The Hall–Kier alpha value is -0.630. The predicted molar refractivity (Wildman–Crippen MR) is 42.2 cm³/mol. The molecule has 1 nitrogen and oxygen atoms in total. The second-order valence-corrected chi connectivity index (χ2v) is 2.26. The fourth-order valence-electron chi connectivity index (χ4n) is 0.602. The number of hydrogen-bond donors (Lipinski definition) is 1. The molecule has 0 spiro atoms. The van der Waals surface area contributed by atoms with Gasteiger partial charge >= 0.3 is 0 Å². The van der Waals surface area contributed by atoms with E-state index in [4.69, 9.17) is 5.73 Å². The van der Waals surface area contributed by atoms with Crippen LogP contribution in [0.3, 0.4) is 0 Å². The lowest BCUT2D eigenvalue weighted by molar-refractivity contribution is 0.611. The molecule has 2 heteroatoms. The van der Waals surface area contributed by atoms with Crippen LogP contribution in [-0.4, -0.2) is 6.54 Å². The van der Waals surface area contributed by atoms with Gasteiger partial charge in [-0.1, -0.05) is 12.2 Å². The maximum Gasteiger partial charge on any atom is 0.0929 e. The molecule has 0 saturated carbocycles. The molecule has 0 amide bonds. The third kappa shape index (κ3) is 4.27. The van der Waals surface area contributed by atoms with Crippen LogP contribution in [-0.2, 0) is 0 Å². The van der Waals surface area contributed by atoms with Crippen molar-refractivity contribution in [3.8, 4) is 0 Å². The maximum absolute atomic E-state index is 12.1. The molecule has 0 aliphatic heterocycles. The standard InChI is InChI=1S/C8H14FN/c1-3-8(6-10)5-4-7(2)9/h3-4,8H,1,5-6,10H2,2H3/b7-4+. The number of hydrogen-bond acceptors (Lipinski definition) is 1. The van der Waals surface area contributed by atoms with Gasteiger partial charge in [0.25, 0.3) is 0 Å². The molecule has 1 atom stereocenters. The van der Waals surface area contributed by atoms with E-state index in [0.717, 1.165) is 0 Å². The topological polar surface area (TPSA) is 26.0 Å².